The van der Waals surface area contributed by atoms with E-state index in [0.717, 1.165) is 11.1 Å². The Labute approximate surface area is 153 Å². The minimum Gasteiger partial charge on any atom is -0.371 e. The lowest BCUT2D eigenvalue weighted by Gasteiger charge is -2.45. The summed E-state index contributed by atoms with van der Waals surface area (Å²) in [6, 6.07) is 20.1. The zero-order valence-electron chi connectivity index (χ0n) is 14.8. The SMILES string of the molecule is COC1CC(OCc2ccccc2)C2OC(c3ccccc3)OCC2O1. The predicted octanol–water partition coefficient (Wildman–Crippen LogP) is 3.45. The van der Waals surface area contributed by atoms with Gasteiger partial charge in [0, 0.05) is 19.1 Å². The van der Waals surface area contributed by atoms with Gasteiger partial charge in [0.25, 0.3) is 0 Å². The van der Waals surface area contributed by atoms with Crippen LogP contribution >= 0.6 is 0 Å². The van der Waals surface area contributed by atoms with Crippen LogP contribution in [0.4, 0.5) is 0 Å². The molecule has 2 saturated heterocycles. The lowest BCUT2D eigenvalue weighted by atomic mass is 10.00. The molecule has 2 aromatic carbocycles. The zero-order chi connectivity index (χ0) is 17.8. The summed E-state index contributed by atoms with van der Waals surface area (Å²) in [5, 5.41) is 0. The highest BCUT2D eigenvalue weighted by molar-refractivity contribution is 5.17. The van der Waals surface area contributed by atoms with Crippen molar-refractivity contribution in [3.05, 3.63) is 71.8 Å². The maximum atomic E-state index is 6.24. The molecule has 0 bridgehead atoms. The van der Waals surface area contributed by atoms with Crippen LogP contribution in [0.5, 0.6) is 0 Å². The first-order valence-electron chi connectivity index (χ1n) is 8.99. The van der Waals surface area contributed by atoms with Crippen molar-refractivity contribution in [3.63, 3.8) is 0 Å². The van der Waals surface area contributed by atoms with Crippen LogP contribution < -0.4 is 0 Å². The van der Waals surface area contributed by atoms with E-state index in [9.17, 15) is 0 Å². The number of benzene rings is 2. The second-order valence-electron chi connectivity index (χ2n) is 6.59. The van der Waals surface area contributed by atoms with Gasteiger partial charge in [0.1, 0.15) is 12.2 Å². The summed E-state index contributed by atoms with van der Waals surface area (Å²) in [5.41, 5.74) is 2.14. The molecule has 5 heteroatoms. The van der Waals surface area contributed by atoms with Crippen molar-refractivity contribution < 1.29 is 23.7 Å². The molecule has 2 aliphatic heterocycles. The Morgan fingerprint density at radius 3 is 2.42 bits per heavy atom. The molecule has 5 atom stereocenters. The van der Waals surface area contributed by atoms with E-state index in [0.29, 0.717) is 19.6 Å². The minimum absolute atomic E-state index is 0.117. The number of fused-ring (bicyclic) bond motifs is 1. The van der Waals surface area contributed by atoms with Crippen molar-refractivity contribution >= 4 is 0 Å². The van der Waals surface area contributed by atoms with Crippen LogP contribution in [0.25, 0.3) is 0 Å². The summed E-state index contributed by atoms with van der Waals surface area (Å²) in [5.74, 6) is 0. The molecule has 2 fully saturated rings. The minimum atomic E-state index is -0.400. The molecule has 2 aromatic rings. The second kappa shape index (κ2) is 8.29. The third-order valence-electron chi connectivity index (χ3n) is 4.82. The maximum Gasteiger partial charge on any atom is 0.184 e. The fraction of sp³-hybridized carbons (Fsp3) is 0.429. The summed E-state index contributed by atoms with van der Waals surface area (Å²) in [7, 11) is 1.65. The predicted molar refractivity (Wildman–Crippen MR) is 95.3 cm³/mol. The Morgan fingerprint density at radius 2 is 1.69 bits per heavy atom. The van der Waals surface area contributed by atoms with E-state index in [1.165, 1.54) is 0 Å². The van der Waals surface area contributed by atoms with Gasteiger partial charge in [-0.15, -0.1) is 0 Å². The van der Waals surface area contributed by atoms with Crippen molar-refractivity contribution in [1.82, 2.24) is 0 Å². The molecule has 26 heavy (non-hydrogen) atoms. The Bertz CT molecular complexity index is 677. The van der Waals surface area contributed by atoms with Gasteiger partial charge in [0.05, 0.1) is 19.3 Å². The van der Waals surface area contributed by atoms with E-state index in [1.54, 1.807) is 7.11 Å². The van der Waals surface area contributed by atoms with Crippen LogP contribution in [0.1, 0.15) is 23.8 Å². The summed E-state index contributed by atoms with van der Waals surface area (Å²) in [6.45, 7) is 0.987. The Morgan fingerprint density at radius 1 is 0.962 bits per heavy atom. The van der Waals surface area contributed by atoms with Crippen LogP contribution in [0.2, 0.25) is 0 Å². The van der Waals surface area contributed by atoms with E-state index in [-0.39, 0.29) is 24.6 Å². The molecule has 0 radical (unpaired) electrons. The molecule has 0 N–H and O–H groups in total. The lowest BCUT2D eigenvalue weighted by Crippen LogP contribution is -2.55. The van der Waals surface area contributed by atoms with Crippen LogP contribution in [0, 0.1) is 0 Å². The lowest BCUT2D eigenvalue weighted by molar-refractivity contribution is -0.339. The number of rotatable bonds is 5. The third kappa shape index (κ3) is 3.98. The van der Waals surface area contributed by atoms with E-state index >= 15 is 0 Å². The maximum absolute atomic E-state index is 6.24. The van der Waals surface area contributed by atoms with Gasteiger partial charge < -0.3 is 23.7 Å². The number of hydrogen-bond acceptors (Lipinski definition) is 5. The molecule has 2 heterocycles. The molecule has 0 aliphatic carbocycles. The fourth-order valence-corrected chi connectivity index (χ4v) is 3.44. The molecule has 138 valence electrons. The normalized spacial score (nSPS) is 31.3. The van der Waals surface area contributed by atoms with Gasteiger partial charge in [-0.05, 0) is 5.56 Å². The van der Waals surface area contributed by atoms with Gasteiger partial charge in [-0.25, -0.2) is 0 Å². The van der Waals surface area contributed by atoms with Crippen LogP contribution in [-0.2, 0) is 30.3 Å². The highest BCUT2D eigenvalue weighted by Crippen LogP contribution is 2.35. The highest BCUT2D eigenvalue weighted by Gasteiger charge is 2.45. The molecule has 2 aliphatic rings. The van der Waals surface area contributed by atoms with E-state index in [1.807, 2.05) is 48.5 Å². The van der Waals surface area contributed by atoms with E-state index < -0.39 is 6.29 Å². The molecule has 0 spiro atoms. The van der Waals surface area contributed by atoms with Gasteiger partial charge in [0.2, 0.25) is 0 Å². The molecule has 5 unspecified atom stereocenters. The zero-order valence-corrected chi connectivity index (χ0v) is 14.8. The Balaban J connectivity index is 1.47. The number of hydrogen-bond donors (Lipinski definition) is 0. The van der Waals surface area contributed by atoms with E-state index in [2.05, 4.69) is 12.1 Å². The molecular weight excluding hydrogens is 332 g/mol. The van der Waals surface area contributed by atoms with Crippen molar-refractivity contribution in [2.45, 2.75) is 43.9 Å². The first-order valence-corrected chi connectivity index (χ1v) is 8.99. The monoisotopic (exact) mass is 356 g/mol. The fourth-order valence-electron chi connectivity index (χ4n) is 3.44. The van der Waals surface area contributed by atoms with Crippen molar-refractivity contribution in [2.24, 2.45) is 0 Å². The van der Waals surface area contributed by atoms with Gasteiger partial charge >= 0.3 is 0 Å². The van der Waals surface area contributed by atoms with Crippen molar-refractivity contribution in [3.8, 4) is 0 Å². The van der Waals surface area contributed by atoms with Gasteiger partial charge in [-0.2, -0.15) is 0 Å². The summed E-state index contributed by atoms with van der Waals surface area (Å²) < 4.78 is 29.7. The molecular formula is C21H24O5. The second-order valence-corrected chi connectivity index (χ2v) is 6.59. The van der Waals surface area contributed by atoms with Gasteiger partial charge in [-0.3, -0.25) is 0 Å². The standard InChI is InChI=1S/C21H24O5/c1-22-19-12-17(23-13-15-8-4-2-5-9-15)20-18(25-19)14-24-21(26-20)16-10-6-3-7-11-16/h2-11,17-21H,12-14H2,1H3. The smallest absolute Gasteiger partial charge is 0.184 e. The first-order chi connectivity index (χ1) is 12.8. The molecule has 0 aromatic heterocycles. The topological polar surface area (TPSA) is 46.2 Å². The molecule has 4 rings (SSSR count). The summed E-state index contributed by atoms with van der Waals surface area (Å²) in [4.78, 5) is 0. The quantitative estimate of drug-likeness (QED) is 0.821. The highest BCUT2D eigenvalue weighted by atomic mass is 16.7. The van der Waals surface area contributed by atoms with Crippen LogP contribution in [-0.4, -0.2) is 38.3 Å². The third-order valence-corrected chi connectivity index (χ3v) is 4.82. The molecule has 0 saturated carbocycles. The Kier molecular flexibility index (Phi) is 5.62. The summed E-state index contributed by atoms with van der Waals surface area (Å²) >= 11 is 0. The number of ether oxygens (including phenoxy) is 5. The molecule has 5 nitrogen and oxygen atoms in total. The van der Waals surface area contributed by atoms with Crippen LogP contribution in [0.15, 0.2) is 60.7 Å². The van der Waals surface area contributed by atoms with Crippen molar-refractivity contribution in [1.29, 1.82) is 0 Å². The van der Waals surface area contributed by atoms with Crippen LogP contribution in [0.3, 0.4) is 0 Å². The molecule has 0 amide bonds. The average molecular weight is 356 g/mol. The Hall–Kier alpha value is -1.76. The van der Waals surface area contributed by atoms with Gasteiger partial charge in [-0.1, -0.05) is 60.7 Å². The number of methoxy groups -OCH3 is 1. The summed E-state index contributed by atoms with van der Waals surface area (Å²) in [6.07, 6.45) is -0.584. The van der Waals surface area contributed by atoms with E-state index in [4.69, 9.17) is 23.7 Å². The largest absolute Gasteiger partial charge is 0.371 e. The average Bonchev–Trinajstić information content (AvgIpc) is 2.72. The first kappa shape index (κ1) is 17.6. The van der Waals surface area contributed by atoms with Gasteiger partial charge in [0.15, 0.2) is 12.6 Å². The van der Waals surface area contributed by atoms with Crippen molar-refractivity contribution in [2.75, 3.05) is 13.7 Å².